The van der Waals surface area contributed by atoms with Crippen LogP contribution in [0.15, 0.2) is 24.3 Å². The average Bonchev–Trinajstić information content (AvgIpc) is 3.35. The first-order valence-electron chi connectivity index (χ1n) is 7.88. The largest absolute Gasteiger partial charge is 0.451 e. The van der Waals surface area contributed by atoms with Crippen LogP contribution in [0.4, 0.5) is 0 Å². The molecule has 0 spiro atoms. The van der Waals surface area contributed by atoms with Gasteiger partial charge in [0.15, 0.2) is 6.10 Å². The van der Waals surface area contributed by atoms with E-state index in [0.29, 0.717) is 11.1 Å². The van der Waals surface area contributed by atoms with Crippen molar-refractivity contribution in [2.75, 3.05) is 6.54 Å². The summed E-state index contributed by atoms with van der Waals surface area (Å²) >= 11 is 0. The molecule has 1 aliphatic heterocycles. The van der Waals surface area contributed by atoms with Crippen LogP contribution in [-0.4, -0.2) is 47.3 Å². The molecule has 1 aromatic rings. The SMILES string of the molecule is C[C@H](OC(=O)CN1C(=O)Cc2ccccc2C1=O)C(=O)NC1CC1. The fourth-order valence-electron chi connectivity index (χ4n) is 2.52. The number of carbonyl (C=O) groups is 4. The predicted octanol–water partition coefficient (Wildman–Crippen LogP) is 0.422. The van der Waals surface area contributed by atoms with E-state index in [1.165, 1.54) is 6.92 Å². The fraction of sp³-hybridized carbons (Fsp3) is 0.412. The minimum absolute atomic E-state index is 0.0624. The minimum atomic E-state index is -0.958. The second-order valence-corrected chi connectivity index (χ2v) is 6.03. The van der Waals surface area contributed by atoms with Gasteiger partial charge in [-0.2, -0.15) is 0 Å². The first kappa shape index (κ1) is 16.2. The van der Waals surface area contributed by atoms with Crippen molar-refractivity contribution in [3.63, 3.8) is 0 Å². The zero-order valence-corrected chi connectivity index (χ0v) is 13.3. The lowest BCUT2D eigenvalue weighted by molar-refractivity contribution is -0.156. The molecule has 0 saturated heterocycles. The smallest absolute Gasteiger partial charge is 0.326 e. The molecule has 1 atom stereocenters. The number of imide groups is 1. The van der Waals surface area contributed by atoms with E-state index in [-0.39, 0.29) is 18.4 Å². The van der Waals surface area contributed by atoms with Gasteiger partial charge in [-0.25, -0.2) is 0 Å². The number of nitrogens with one attached hydrogen (secondary N) is 1. The Balaban J connectivity index is 1.60. The summed E-state index contributed by atoms with van der Waals surface area (Å²) in [5.41, 5.74) is 1.05. The summed E-state index contributed by atoms with van der Waals surface area (Å²) in [6.45, 7) is 0.970. The molecule has 7 nitrogen and oxygen atoms in total. The van der Waals surface area contributed by atoms with Gasteiger partial charge in [-0.1, -0.05) is 18.2 Å². The third-order valence-corrected chi connectivity index (χ3v) is 4.02. The molecular formula is C17H18N2O5. The molecular weight excluding hydrogens is 312 g/mol. The van der Waals surface area contributed by atoms with E-state index in [0.717, 1.165) is 17.7 Å². The summed E-state index contributed by atoms with van der Waals surface area (Å²) in [6.07, 6.45) is 0.971. The number of benzene rings is 1. The third-order valence-electron chi connectivity index (χ3n) is 4.02. The van der Waals surface area contributed by atoms with Crippen LogP contribution in [-0.2, 0) is 25.5 Å². The standard InChI is InChI=1S/C17H18N2O5/c1-10(16(22)18-12-6-7-12)24-15(21)9-19-14(20)8-11-4-2-3-5-13(11)17(19)23/h2-5,10,12H,6-9H2,1H3,(H,18,22)/t10-/m0/s1. The first-order valence-corrected chi connectivity index (χ1v) is 7.88. The summed E-state index contributed by atoms with van der Waals surface area (Å²) in [6, 6.07) is 6.95. The molecule has 0 radical (unpaired) electrons. The summed E-state index contributed by atoms with van der Waals surface area (Å²) in [4.78, 5) is 49.1. The summed E-state index contributed by atoms with van der Waals surface area (Å²) in [7, 11) is 0. The average molecular weight is 330 g/mol. The lowest BCUT2D eigenvalue weighted by atomic mass is 9.98. The minimum Gasteiger partial charge on any atom is -0.451 e. The third kappa shape index (κ3) is 3.45. The Kier molecular flexibility index (Phi) is 4.33. The van der Waals surface area contributed by atoms with E-state index in [9.17, 15) is 19.2 Å². The van der Waals surface area contributed by atoms with Gasteiger partial charge in [0.1, 0.15) is 6.54 Å². The van der Waals surface area contributed by atoms with Gasteiger partial charge in [-0.05, 0) is 31.4 Å². The lowest BCUT2D eigenvalue weighted by Crippen LogP contribution is -2.46. The number of hydrogen-bond donors (Lipinski definition) is 1. The van der Waals surface area contributed by atoms with E-state index < -0.39 is 30.4 Å². The Bertz CT molecular complexity index is 711. The second-order valence-electron chi connectivity index (χ2n) is 6.03. The molecule has 3 amide bonds. The number of hydrogen-bond acceptors (Lipinski definition) is 5. The number of rotatable bonds is 5. The number of ether oxygens (including phenoxy) is 1. The van der Waals surface area contributed by atoms with Crippen molar-refractivity contribution in [1.82, 2.24) is 10.2 Å². The van der Waals surface area contributed by atoms with Gasteiger partial charge in [0.25, 0.3) is 11.8 Å². The van der Waals surface area contributed by atoms with Gasteiger partial charge >= 0.3 is 5.97 Å². The maximum Gasteiger partial charge on any atom is 0.326 e. The fourth-order valence-corrected chi connectivity index (χ4v) is 2.52. The van der Waals surface area contributed by atoms with Crippen molar-refractivity contribution in [1.29, 1.82) is 0 Å². The van der Waals surface area contributed by atoms with Crippen molar-refractivity contribution in [3.05, 3.63) is 35.4 Å². The van der Waals surface area contributed by atoms with Crippen LogP contribution in [0.2, 0.25) is 0 Å². The first-order chi connectivity index (χ1) is 11.5. The van der Waals surface area contributed by atoms with Crippen molar-refractivity contribution in [2.45, 2.75) is 38.3 Å². The summed E-state index contributed by atoms with van der Waals surface area (Å²) < 4.78 is 5.03. The quantitative estimate of drug-likeness (QED) is 0.624. The van der Waals surface area contributed by atoms with Crippen LogP contribution in [0.25, 0.3) is 0 Å². The van der Waals surface area contributed by atoms with Crippen LogP contribution >= 0.6 is 0 Å². The molecule has 1 aromatic carbocycles. The van der Waals surface area contributed by atoms with Crippen LogP contribution < -0.4 is 5.32 Å². The highest BCUT2D eigenvalue weighted by Gasteiger charge is 2.33. The molecule has 7 heteroatoms. The number of nitrogens with zero attached hydrogens (tertiary/aromatic N) is 1. The Morgan fingerprint density at radius 1 is 1.29 bits per heavy atom. The number of amides is 3. The van der Waals surface area contributed by atoms with Crippen LogP contribution in [0.1, 0.15) is 35.7 Å². The van der Waals surface area contributed by atoms with E-state index >= 15 is 0 Å². The Morgan fingerprint density at radius 3 is 2.71 bits per heavy atom. The molecule has 1 aliphatic carbocycles. The molecule has 1 saturated carbocycles. The highest BCUT2D eigenvalue weighted by Crippen LogP contribution is 2.20. The van der Waals surface area contributed by atoms with Crippen molar-refractivity contribution < 1.29 is 23.9 Å². The zero-order valence-electron chi connectivity index (χ0n) is 13.3. The van der Waals surface area contributed by atoms with E-state index in [1.807, 2.05) is 0 Å². The summed E-state index contributed by atoms with van der Waals surface area (Å²) in [5, 5.41) is 2.73. The Hall–Kier alpha value is -2.70. The molecule has 2 aliphatic rings. The maximum absolute atomic E-state index is 12.4. The molecule has 1 fully saturated rings. The normalized spacial score (nSPS) is 18.0. The van der Waals surface area contributed by atoms with Gasteiger partial charge in [0.2, 0.25) is 5.91 Å². The van der Waals surface area contributed by atoms with Gasteiger partial charge in [-0.15, -0.1) is 0 Å². The van der Waals surface area contributed by atoms with Crippen molar-refractivity contribution >= 4 is 23.7 Å². The molecule has 1 N–H and O–H groups in total. The van der Waals surface area contributed by atoms with Gasteiger partial charge < -0.3 is 10.1 Å². The van der Waals surface area contributed by atoms with Crippen LogP contribution in [0.5, 0.6) is 0 Å². The number of carbonyl (C=O) groups excluding carboxylic acids is 4. The monoisotopic (exact) mass is 330 g/mol. The molecule has 0 unspecified atom stereocenters. The van der Waals surface area contributed by atoms with E-state index in [4.69, 9.17) is 4.74 Å². The zero-order chi connectivity index (χ0) is 17.3. The molecule has 126 valence electrons. The highest BCUT2D eigenvalue weighted by atomic mass is 16.5. The Labute approximate surface area is 139 Å². The molecule has 3 rings (SSSR count). The highest BCUT2D eigenvalue weighted by molar-refractivity contribution is 6.11. The van der Waals surface area contributed by atoms with Crippen molar-refractivity contribution in [3.8, 4) is 0 Å². The van der Waals surface area contributed by atoms with Crippen LogP contribution in [0.3, 0.4) is 0 Å². The maximum atomic E-state index is 12.4. The van der Waals surface area contributed by atoms with E-state index in [2.05, 4.69) is 5.32 Å². The molecule has 0 bridgehead atoms. The van der Waals surface area contributed by atoms with Gasteiger partial charge in [-0.3, -0.25) is 24.1 Å². The van der Waals surface area contributed by atoms with Crippen molar-refractivity contribution in [2.24, 2.45) is 0 Å². The number of fused-ring (bicyclic) bond motifs is 1. The molecule has 0 aromatic heterocycles. The van der Waals surface area contributed by atoms with Gasteiger partial charge in [0.05, 0.1) is 6.42 Å². The topological polar surface area (TPSA) is 92.8 Å². The van der Waals surface area contributed by atoms with E-state index in [1.54, 1.807) is 24.3 Å². The predicted molar refractivity (Wildman–Crippen MR) is 82.9 cm³/mol. The second kappa shape index (κ2) is 6.43. The molecule has 24 heavy (non-hydrogen) atoms. The number of esters is 1. The lowest BCUT2D eigenvalue weighted by Gasteiger charge is -2.26. The molecule has 1 heterocycles. The van der Waals surface area contributed by atoms with Crippen LogP contribution in [0, 0.1) is 0 Å². The van der Waals surface area contributed by atoms with Gasteiger partial charge in [0, 0.05) is 11.6 Å². The Morgan fingerprint density at radius 2 is 2.00 bits per heavy atom. The summed E-state index contributed by atoms with van der Waals surface area (Å²) in [5.74, 6) is -2.12.